The Kier molecular flexibility index (Phi) is 7.57. The number of nitrogen functional groups attached to an aromatic ring is 1. The number of fused-ring (bicyclic) bond motifs is 1. The second kappa shape index (κ2) is 9.89. The Balaban J connectivity index is 0.00000261. The van der Waals surface area contributed by atoms with Gasteiger partial charge in [-0.2, -0.15) is 0 Å². The number of nitrogens with two attached hydrogens (primary N) is 1. The molecular weight excluding hydrogens is 372 g/mol. The van der Waals surface area contributed by atoms with E-state index in [9.17, 15) is 9.90 Å². The monoisotopic (exact) mass is 394 g/mol. The lowest BCUT2D eigenvalue weighted by atomic mass is 10.1. The normalized spacial score (nSPS) is 12.8. The third kappa shape index (κ3) is 5.94. The zero-order valence-corrected chi connectivity index (χ0v) is 15.5. The number of nitrogens with one attached hydrogen (secondary N) is 1. The van der Waals surface area contributed by atoms with Crippen LogP contribution in [0.15, 0.2) is 42.5 Å². The summed E-state index contributed by atoms with van der Waals surface area (Å²) in [5.41, 5.74) is 7.47. The van der Waals surface area contributed by atoms with Crippen LogP contribution in [0.3, 0.4) is 0 Å². The fourth-order valence-electron chi connectivity index (χ4n) is 2.55. The second-order valence-corrected chi connectivity index (χ2v) is 5.98. The molecule has 0 saturated heterocycles. The van der Waals surface area contributed by atoms with Crippen molar-refractivity contribution < 1.29 is 24.1 Å². The Hall–Kier alpha value is -2.64. The van der Waals surface area contributed by atoms with E-state index in [0.717, 1.165) is 5.56 Å². The van der Waals surface area contributed by atoms with E-state index in [0.29, 0.717) is 35.8 Å². The number of aliphatic hydroxyl groups excluding tert-OH is 1. The van der Waals surface area contributed by atoms with E-state index >= 15 is 0 Å². The number of benzene rings is 2. The van der Waals surface area contributed by atoms with Gasteiger partial charge in [0.15, 0.2) is 11.5 Å². The fourth-order valence-corrected chi connectivity index (χ4v) is 2.55. The maximum Gasteiger partial charge on any atom is 0.231 e. The molecule has 0 aliphatic carbocycles. The average Bonchev–Trinajstić information content (AvgIpc) is 3.12. The van der Waals surface area contributed by atoms with Crippen LogP contribution in [0.4, 0.5) is 5.69 Å². The van der Waals surface area contributed by atoms with Crippen LogP contribution in [0.1, 0.15) is 12.0 Å². The van der Waals surface area contributed by atoms with Gasteiger partial charge in [-0.05, 0) is 30.2 Å². The number of carbonyl (C=O) groups is 1. The molecule has 8 heteroatoms. The summed E-state index contributed by atoms with van der Waals surface area (Å²) in [4.78, 5) is 11.9. The van der Waals surface area contributed by atoms with Crippen LogP contribution in [0.2, 0.25) is 0 Å². The molecular formula is C19H23ClN2O5. The van der Waals surface area contributed by atoms with Crippen molar-refractivity contribution in [3.8, 4) is 17.2 Å². The van der Waals surface area contributed by atoms with Crippen LogP contribution in [0.25, 0.3) is 0 Å². The Morgan fingerprint density at radius 2 is 2.00 bits per heavy atom. The minimum atomic E-state index is -0.814. The number of amides is 1. The number of hydrogen-bond acceptors (Lipinski definition) is 6. The van der Waals surface area contributed by atoms with Crippen molar-refractivity contribution in [2.75, 3.05) is 25.7 Å². The molecule has 1 atom stereocenters. The maximum absolute atomic E-state index is 11.9. The van der Waals surface area contributed by atoms with E-state index in [1.165, 1.54) is 0 Å². The first kappa shape index (κ1) is 20.7. The van der Waals surface area contributed by atoms with Crippen LogP contribution in [0.5, 0.6) is 17.2 Å². The van der Waals surface area contributed by atoms with Gasteiger partial charge in [-0.1, -0.05) is 18.2 Å². The Labute approximate surface area is 163 Å². The van der Waals surface area contributed by atoms with E-state index < -0.39 is 6.10 Å². The van der Waals surface area contributed by atoms with Crippen molar-refractivity contribution in [3.63, 3.8) is 0 Å². The molecule has 1 heterocycles. The molecule has 1 amide bonds. The summed E-state index contributed by atoms with van der Waals surface area (Å²) in [5, 5.41) is 12.7. The number of carbonyl (C=O) groups excluding carboxylic acids is 1. The highest BCUT2D eigenvalue weighted by Gasteiger charge is 2.14. The summed E-state index contributed by atoms with van der Waals surface area (Å²) < 4.78 is 16.0. The quantitative estimate of drug-likeness (QED) is 0.591. The number of halogens is 1. The zero-order chi connectivity index (χ0) is 18.4. The molecule has 1 aliphatic heterocycles. The van der Waals surface area contributed by atoms with Gasteiger partial charge in [-0.3, -0.25) is 4.79 Å². The van der Waals surface area contributed by atoms with Crippen LogP contribution in [0, 0.1) is 0 Å². The van der Waals surface area contributed by atoms with Crippen molar-refractivity contribution in [1.82, 2.24) is 5.32 Å². The topological polar surface area (TPSA) is 103 Å². The predicted octanol–water partition coefficient (Wildman–Crippen LogP) is 1.91. The van der Waals surface area contributed by atoms with Gasteiger partial charge >= 0.3 is 0 Å². The molecule has 27 heavy (non-hydrogen) atoms. The first-order valence-corrected chi connectivity index (χ1v) is 8.42. The second-order valence-electron chi connectivity index (χ2n) is 5.98. The average molecular weight is 395 g/mol. The number of aryl methyl sites for hydroxylation is 1. The van der Waals surface area contributed by atoms with E-state index in [4.69, 9.17) is 19.9 Å². The van der Waals surface area contributed by atoms with E-state index in [1.807, 2.05) is 24.3 Å². The molecule has 1 aliphatic rings. The summed E-state index contributed by atoms with van der Waals surface area (Å²) in [6.07, 6.45) is 0.0536. The molecule has 1 unspecified atom stereocenters. The van der Waals surface area contributed by atoms with Crippen LogP contribution < -0.4 is 25.3 Å². The minimum Gasteiger partial charge on any atom is -0.491 e. The summed E-state index contributed by atoms with van der Waals surface area (Å²) in [5.74, 6) is 1.71. The molecule has 0 spiro atoms. The standard InChI is InChI=1S/C19H22N2O5.ClH/c20-16-4-2-1-3-13(16)5-8-19(23)21-10-14(22)11-24-15-6-7-17-18(9-15)26-12-25-17;/h1-4,6-7,9,14,22H,5,8,10-12,20H2,(H,21,23);1H. The highest BCUT2D eigenvalue weighted by molar-refractivity contribution is 5.85. The van der Waals surface area contributed by atoms with Crippen molar-refractivity contribution in [2.45, 2.75) is 18.9 Å². The Bertz CT molecular complexity index is 772. The maximum atomic E-state index is 11.9. The molecule has 0 fully saturated rings. The van der Waals surface area contributed by atoms with Crippen LogP contribution in [-0.2, 0) is 11.2 Å². The Morgan fingerprint density at radius 1 is 1.22 bits per heavy atom. The van der Waals surface area contributed by atoms with E-state index in [1.54, 1.807) is 18.2 Å². The smallest absolute Gasteiger partial charge is 0.231 e. The summed E-state index contributed by atoms with van der Waals surface area (Å²) >= 11 is 0. The van der Waals surface area contributed by atoms with E-state index in [2.05, 4.69) is 5.32 Å². The van der Waals surface area contributed by atoms with Gasteiger partial charge in [-0.15, -0.1) is 12.4 Å². The number of ether oxygens (including phenoxy) is 3. The molecule has 2 aromatic carbocycles. The predicted molar refractivity (Wildman–Crippen MR) is 103 cm³/mol. The SMILES string of the molecule is Cl.Nc1ccccc1CCC(=O)NCC(O)COc1ccc2c(c1)OCO2. The largest absolute Gasteiger partial charge is 0.491 e. The lowest BCUT2D eigenvalue weighted by molar-refractivity contribution is -0.121. The molecule has 146 valence electrons. The number of hydrogen-bond donors (Lipinski definition) is 3. The zero-order valence-electron chi connectivity index (χ0n) is 14.7. The molecule has 7 nitrogen and oxygen atoms in total. The third-order valence-corrected chi connectivity index (χ3v) is 4.00. The van der Waals surface area contributed by atoms with Gasteiger partial charge < -0.3 is 30.4 Å². The summed E-state index contributed by atoms with van der Waals surface area (Å²) in [6, 6.07) is 12.7. The van der Waals surface area contributed by atoms with Gasteiger partial charge in [0.05, 0.1) is 0 Å². The van der Waals surface area contributed by atoms with Crippen molar-refractivity contribution >= 4 is 24.0 Å². The van der Waals surface area contributed by atoms with E-state index in [-0.39, 0.29) is 38.3 Å². The Morgan fingerprint density at radius 3 is 2.81 bits per heavy atom. The van der Waals surface area contributed by atoms with Crippen molar-refractivity contribution in [3.05, 3.63) is 48.0 Å². The fraction of sp³-hybridized carbons (Fsp3) is 0.316. The van der Waals surface area contributed by atoms with Gasteiger partial charge in [0.25, 0.3) is 0 Å². The lowest BCUT2D eigenvalue weighted by Crippen LogP contribution is -2.35. The molecule has 0 aromatic heterocycles. The molecule has 0 radical (unpaired) electrons. The summed E-state index contributed by atoms with van der Waals surface area (Å²) in [7, 11) is 0. The number of aliphatic hydroxyl groups is 1. The van der Waals surface area contributed by atoms with Crippen molar-refractivity contribution in [2.24, 2.45) is 0 Å². The third-order valence-electron chi connectivity index (χ3n) is 4.00. The molecule has 0 saturated carbocycles. The van der Waals surface area contributed by atoms with Gasteiger partial charge in [-0.25, -0.2) is 0 Å². The van der Waals surface area contributed by atoms with Crippen molar-refractivity contribution in [1.29, 1.82) is 0 Å². The number of para-hydroxylation sites is 1. The first-order valence-electron chi connectivity index (χ1n) is 8.42. The molecule has 4 N–H and O–H groups in total. The highest BCUT2D eigenvalue weighted by atomic mass is 35.5. The number of anilines is 1. The highest BCUT2D eigenvalue weighted by Crippen LogP contribution is 2.35. The molecule has 3 rings (SSSR count). The first-order chi connectivity index (χ1) is 12.6. The lowest BCUT2D eigenvalue weighted by Gasteiger charge is -2.14. The molecule has 2 aromatic rings. The van der Waals surface area contributed by atoms with Crippen LogP contribution in [-0.4, -0.2) is 37.1 Å². The summed E-state index contributed by atoms with van der Waals surface area (Å²) in [6.45, 7) is 0.376. The van der Waals surface area contributed by atoms with Gasteiger partial charge in [0, 0.05) is 24.7 Å². The minimum absolute atomic E-state index is 0. The number of rotatable bonds is 8. The van der Waals surface area contributed by atoms with Gasteiger partial charge in [0.2, 0.25) is 12.7 Å². The van der Waals surface area contributed by atoms with Crippen LogP contribution >= 0.6 is 12.4 Å². The van der Waals surface area contributed by atoms with Gasteiger partial charge in [0.1, 0.15) is 18.5 Å². The molecule has 0 bridgehead atoms.